The maximum atomic E-state index is 13.0. The van der Waals surface area contributed by atoms with Gasteiger partial charge in [-0.1, -0.05) is 49.2 Å². The summed E-state index contributed by atoms with van der Waals surface area (Å²) in [7, 11) is 0. The van der Waals surface area contributed by atoms with Gasteiger partial charge in [0.05, 0.1) is 5.41 Å². The van der Waals surface area contributed by atoms with Crippen LogP contribution in [0, 0.1) is 0 Å². The van der Waals surface area contributed by atoms with Gasteiger partial charge in [0, 0.05) is 23.7 Å². The van der Waals surface area contributed by atoms with Gasteiger partial charge in [0.2, 0.25) is 11.8 Å². The average Bonchev–Trinajstić information content (AvgIpc) is 2.83. The van der Waals surface area contributed by atoms with Crippen LogP contribution in [0.4, 0.5) is 5.69 Å². The Morgan fingerprint density at radius 3 is 2.49 bits per heavy atom. The van der Waals surface area contributed by atoms with Crippen molar-refractivity contribution in [3.63, 3.8) is 0 Å². The number of halogens is 1. The zero-order chi connectivity index (χ0) is 24.7. The zero-order valence-corrected chi connectivity index (χ0v) is 21.6. The monoisotopic (exact) mass is 495 g/mol. The molecule has 2 aromatic rings. The predicted octanol–water partition coefficient (Wildman–Crippen LogP) is 5.89. The number of rotatable bonds is 10. The van der Waals surface area contributed by atoms with Crippen LogP contribution in [0.15, 0.2) is 48.5 Å². The fourth-order valence-electron chi connectivity index (χ4n) is 5.43. The number of amides is 2. The van der Waals surface area contributed by atoms with Crippen molar-refractivity contribution in [3.8, 4) is 0 Å². The van der Waals surface area contributed by atoms with Crippen molar-refractivity contribution in [1.82, 2.24) is 10.2 Å². The lowest BCUT2D eigenvalue weighted by Gasteiger charge is -2.41. The highest BCUT2D eigenvalue weighted by Crippen LogP contribution is 2.44. The van der Waals surface area contributed by atoms with Crippen LogP contribution in [-0.4, -0.2) is 42.9 Å². The second kappa shape index (κ2) is 12.0. The first kappa shape index (κ1) is 25.7. The van der Waals surface area contributed by atoms with E-state index in [4.69, 9.17) is 11.6 Å². The van der Waals surface area contributed by atoms with Crippen molar-refractivity contribution in [2.75, 3.05) is 31.5 Å². The molecule has 0 atom stereocenters. The Balaban J connectivity index is 1.19. The van der Waals surface area contributed by atoms with Gasteiger partial charge < -0.3 is 15.5 Å². The van der Waals surface area contributed by atoms with Crippen molar-refractivity contribution in [2.24, 2.45) is 0 Å². The molecule has 0 aromatic heterocycles. The average molecular weight is 496 g/mol. The molecule has 0 radical (unpaired) electrons. The number of carbonyl (C=O) groups is 2. The molecular weight excluding hydrogens is 458 g/mol. The summed E-state index contributed by atoms with van der Waals surface area (Å²) in [6.07, 6.45) is 7.55. The summed E-state index contributed by atoms with van der Waals surface area (Å²) in [5.74, 6) is 0.783. The minimum absolute atomic E-state index is 0.0861. The minimum Gasteiger partial charge on any atom is -0.355 e. The summed E-state index contributed by atoms with van der Waals surface area (Å²) in [6.45, 7) is 5.88. The number of hydrogen-bond donors (Lipinski definition) is 2. The van der Waals surface area contributed by atoms with E-state index in [1.807, 2.05) is 43.3 Å². The Morgan fingerprint density at radius 1 is 1.09 bits per heavy atom. The normalized spacial score (nSPS) is 18.0. The van der Waals surface area contributed by atoms with Crippen LogP contribution in [0.1, 0.15) is 75.3 Å². The molecule has 5 nitrogen and oxygen atoms in total. The summed E-state index contributed by atoms with van der Waals surface area (Å²) in [4.78, 5) is 27.5. The number of nitrogens with one attached hydrogen (secondary N) is 2. The van der Waals surface area contributed by atoms with Gasteiger partial charge in [0.25, 0.3) is 0 Å². The van der Waals surface area contributed by atoms with Crippen molar-refractivity contribution in [1.29, 1.82) is 0 Å². The van der Waals surface area contributed by atoms with Gasteiger partial charge in [-0.15, -0.1) is 0 Å². The van der Waals surface area contributed by atoms with Gasteiger partial charge in [-0.05, 0) is 99.5 Å². The topological polar surface area (TPSA) is 61.4 Å². The number of nitrogens with zero attached hydrogens (tertiary/aromatic N) is 1. The van der Waals surface area contributed by atoms with Crippen molar-refractivity contribution < 1.29 is 9.59 Å². The Morgan fingerprint density at radius 2 is 1.83 bits per heavy atom. The van der Waals surface area contributed by atoms with Crippen LogP contribution in [0.3, 0.4) is 0 Å². The molecule has 2 aromatic carbocycles. The first-order chi connectivity index (χ1) is 17.0. The summed E-state index contributed by atoms with van der Waals surface area (Å²) in [6, 6.07) is 16.1. The van der Waals surface area contributed by atoms with Gasteiger partial charge in [-0.25, -0.2) is 0 Å². The van der Waals surface area contributed by atoms with Crippen LogP contribution < -0.4 is 10.6 Å². The van der Waals surface area contributed by atoms with Crippen molar-refractivity contribution in [2.45, 2.75) is 69.6 Å². The first-order valence-corrected chi connectivity index (χ1v) is 13.5. The number of likely N-dealkylation sites (tertiary alicyclic amines) is 1. The van der Waals surface area contributed by atoms with E-state index in [0.717, 1.165) is 75.8 Å². The molecule has 2 amide bonds. The van der Waals surface area contributed by atoms with Gasteiger partial charge >= 0.3 is 0 Å². The SMILES string of the molecule is CCCC(=O)Nc1cccc(C2CCN(CCCNC(=O)C3(c4ccc(Cl)cc4)CCC3)CC2)c1. The Bertz CT molecular complexity index is 995. The van der Waals surface area contributed by atoms with E-state index < -0.39 is 0 Å². The van der Waals surface area contributed by atoms with Crippen molar-refractivity contribution >= 4 is 29.1 Å². The Kier molecular flexibility index (Phi) is 8.85. The first-order valence-electron chi connectivity index (χ1n) is 13.2. The molecular formula is C29H38ClN3O2. The number of piperidine rings is 1. The number of benzene rings is 2. The minimum atomic E-state index is -0.368. The third-order valence-corrected chi connectivity index (χ3v) is 7.93. The van der Waals surface area contributed by atoms with Gasteiger partial charge in [-0.3, -0.25) is 9.59 Å². The molecule has 188 valence electrons. The standard InChI is InChI=1S/C29H38ClN3O2/c1-2-6-27(34)32-26-8-3-7-23(21-26)22-13-19-33(20-14-22)18-5-17-31-28(35)29(15-4-16-29)24-9-11-25(30)12-10-24/h3,7-12,21-22H,2,4-6,13-20H2,1H3,(H,31,35)(H,32,34). The molecule has 2 fully saturated rings. The van der Waals surface area contributed by atoms with Crippen LogP contribution in [0.25, 0.3) is 0 Å². The molecule has 2 N–H and O–H groups in total. The van der Waals surface area contributed by atoms with E-state index in [-0.39, 0.29) is 17.2 Å². The molecule has 2 aliphatic rings. The van der Waals surface area contributed by atoms with Crippen LogP contribution in [0.2, 0.25) is 5.02 Å². The van der Waals surface area contributed by atoms with Crippen LogP contribution >= 0.6 is 11.6 Å². The summed E-state index contributed by atoms with van der Waals surface area (Å²) in [5, 5.41) is 6.93. The Labute approximate surface area is 214 Å². The molecule has 1 heterocycles. The predicted molar refractivity (Wildman–Crippen MR) is 143 cm³/mol. The highest BCUT2D eigenvalue weighted by molar-refractivity contribution is 6.30. The van der Waals surface area contributed by atoms with E-state index in [9.17, 15) is 9.59 Å². The smallest absolute Gasteiger partial charge is 0.230 e. The lowest BCUT2D eigenvalue weighted by molar-refractivity contribution is -0.130. The third-order valence-electron chi connectivity index (χ3n) is 7.68. The van der Waals surface area contributed by atoms with E-state index in [2.05, 4.69) is 27.7 Å². The second-order valence-electron chi connectivity index (χ2n) is 10.1. The highest BCUT2D eigenvalue weighted by atomic mass is 35.5. The fourth-order valence-corrected chi connectivity index (χ4v) is 5.56. The van der Waals surface area contributed by atoms with E-state index in [1.165, 1.54) is 5.56 Å². The number of carbonyl (C=O) groups excluding carboxylic acids is 2. The lowest BCUT2D eigenvalue weighted by atomic mass is 9.64. The highest BCUT2D eigenvalue weighted by Gasteiger charge is 2.45. The summed E-state index contributed by atoms with van der Waals surface area (Å²) in [5.41, 5.74) is 2.94. The number of hydrogen-bond acceptors (Lipinski definition) is 3. The maximum absolute atomic E-state index is 13.0. The summed E-state index contributed by atoms with van der Waals surface area (Å²) >= 11 is 6.04. The zero-order valence-electron chi connectivity index (χ0n) is 20.8. The summed E-state index contributed by atoms with van der Waals surface area (Å²) < 4.78 is 0. The molecule has 1 saturated carbocycles. The molecule has 6 heteroatoms. The van der Waals surface area contributed by atoms with Gasteiger partial charge in [0.15, 0.2) is 0 Å². The van der Waals surface area contributed by atoms with E-state index in [0.29, 0.717) is 23.9 Å². The van der Waals surface area contributed by atoms with Gasteiger partial charge in [0.1, 0.15) is 0 Å². The largest absolute Gasteiger partial charge is 0.355 e. The van der Waals surface area contributed by atoms with Crippen LogP contribution in [-0.2, 0) is 15.0 Å². The van der Waals surface area contributed by atoms with Crippen LogP contribution in [0.5, 0.6) is 0 Å². The third kappa shape index (κ3) is 6.45. The molecule has 1 saturated heterocycles. The van der Waals surface area contributed by atoms with Crippen molar-refractivity contribution in [3.05, 3.63) is 64.7 Å². The molecule has 1 aliphatic carbocycles. The number of anilines is 1. The Hall–Kier alpha value is -2.37. The lowest BCUT2D eigenvalue weighted by Crippen LogP contribution is -2.49. The fraction of sp³-hybridized carbons (Fsp3) is 0.517. The van der Waals surface area contributed by atoms with E-state index in [1.54, 1.807) is 0 Å². The maximum Gasteiger partial charge on any atom is 0.230 e. The molecule has 0 bridgehead atoms. The van der Waals surface area contributed by atoms with Gasteiger partial charge in [-0.2, -0.15) is 0 Å². The second-order valence-corrected chi connectivity index (χ2v) is 10.5. The molecule has 35 heavy (non-hydrogen) atoms. The molecule has 1 aliphatic heterocycles. The quantitative estimate of drug-likeness (QED) is 0.404. The molecule has 4 rings (SSSR count). The molecule has 0 spiro atoms. The van der Waals surface area contributed by atoms with E-state index >= 15 is 0 Å². The molecule has 0 unspecified atom stereocenters.